The smallest absolute Gasteiger partial charge is 0.335 e. The van der Waals surface area contributed by atoms with E-state index in [4.69, 9.17) is 9.84 Å². The zero-order valence-corrected chi connectivity index (χ0v) is 16.9. The standard InChI is InChI=1S/C24H21N3O4/c1-31-19-12-8-17(9-13-19)15-27-22(20-4-2-3-5-21(20)26-27)23(28)25-14-16-6-10-18(11-7-16)24(29)30/h2-13H,14-15H2,1H3,(H,25,28)(H,29,30). The third kappa shape index (κ3) is 4.40. The van der Waals surface area contributed by atoms with Gasteiger partial charge in [-0.25, -0.2) is 4.79 Å². The summed E-state index contributed by atoms with van der Waals surface area (Å²) in [7, 11) is 1.62. The number of aromatic carboxylic acids is 1. The maximum absolute atomic E-state index is 13.1. The normalized spacial score (nSPS) is 10.7. The van der Waals surface area contributed by atoms with Gasteiger partial charge in [0.1, 0.15) is 11.4 Å². The summed E-state index contributed by atoms with van der Waals surface area (Å²) in [5.41, 5.74) is 3.23. The molecule has 1 aromatic heterocycles. The molecule has 4 rings (SSSR count). The van der Waals surface area contributed by atoms with E-state index in [-0.39, 0.29) is 18.0 Å². The minimum atomic E-state index is -0.982. The van der Waals surface area contributed by atoms with E-state index in [2.05, 4.69) is 10.4 Å². The van der Waals surface area contributed by atoms with Crippen molar-refractivity contribution in [3.63, 3.8) is 0 Å². The van der Waals surface area contributed by atoms with Crippen molar-refractivity contribution in [1.29, 1.82) is 0 Å². The lowest BCUT2D eigenvalue weighted by Crippen LogP contribution is -2.26. The van der Waals surface area contributed by atoms with Gasteiger partial charge in [-0.15, -0.1) is 0 Å². The molecule has 0 spiro atoms. The van der Waals surface area contributed by atoms with E-state index in [1.54, 1.807) is 23.9 Å². The lowest BCUT2D eigenvalue weighted by Gasteiger charge is -2.10. The number of methoxy groups -OCH3 is 1. The second-order valence-corrected chi connectivity index (χ2v) is 7.06. The zero-order valence-electron chi connectivity index (χ0n) is 16.9. The molecular weight excluding hydrogens is 394 g/mol. The largest absolute Gasteiger partial charge is 0.497 e. The van der Waals surface area contributed by atoms with Crippen molar-refractivity contribution in [2.75, 3.05) is 7.11 Å². The molecule has 0 saturated heterocycles. The summed E-state index contributed by atoms with van der Waals surface area (Å²) in [5, 5.41) is 17.3. The van der Waals surface area contributed by atoms with Gasteiger partial charge in [0.05, 0.1) is 24.7 Å². The van der Waals surface area contributed by atoms with Crippen LogP contribution in [-0.4, -0.2) is 33.9 Å². The Morgan fingerprint density at radius 1 is 0.968 bits per heavy atom. The fourth-order valence-electron chi connectivity index (χ4n) is 3.37. The van der Waals surface area contributed by atoms with E-state index in [1.807, 2.05) is 48.5 Å². The van der Waals surface area contributed by atoms with Gasteiger partial charge in [-0.2, -0.15) is 5.10 Å². The number of hydrogen-bond acceptors (Lipinski definition) is 4. The van der Waals surface area contributed by atoms with Crippen LogP contribution in [0.2, 0.25) is 0 Å². The summed E-state index contributed by atoms with van der Waals surface area (Å²) in [6.07, 6.45) is 0. The van der Waals surface area contributed by atoms with E-state index in [9.17, 15) is 9.59 Å². The Hall–Kier alpha value is -4.13. The van der Waals surface area contributed by atoms with Crippen molar-refractivity contribution in [3.05, 3.63) is 95.2 Å². The molecule has 156 valence electrons. The molecule has 2 N–H and O–H groups in total. The van der Waals surface area contributed by atoms with Gasteiger partial charge in [-0.3, -0.25) is 9.48 Å². The van der Waals surface area contributed by atoms with Crippen LogP contribution < -0.4 is 10.1 Å². The molecule has 0 bridgehead atoms. The number of benzene rings is 3. The summed E-state index contributed by atoms with van der Waals surface area (Å²) in [6.45, 7) is 0.718. The Bertz CT molecular complexity index is 1230. The van der Waals surface area contributed by atoms with Crippen molar-refractivity contribution >= 4 is 22.8 Å². The van der Waals surface area contributed by atoms with Crippen LogP contribution in [0.3, 0.4) is 0 Å². The zero-order chi connectivity index (χ0) is 21.8. The third-order valence-corrected chi connectivity index (χ3v) is 5.01. The first-order valence-electron chi connectivity index (χ1n) is 9.74. The van der Waals surface area contributed by atoms with Gasteiger partial charge in [0.15, 0.2) is 0 Å². The van der Waals surface area contributed by atoms with Crippen LogP contribution in [0.15, 0.2) is 72.8 Å². The minimum Gasteiger partial charge on any atom is -0.497 e. The van der Waals surface area contributed by atoms with Crippen molar-refractivity contribution in [3.8, 4) is 5.75 Å². The van der Waals surface area contributed by atoms with Gasteiger partial charge in [-0.05, 0) is 41.5 Å². The first-order chi connectivity index (χ1) is 15.0. The highest BCUT2D eigenvalue weighted by atomic mass is 16.5. The van der Waals surface area contributed by atoms with E-state index in [0.29, 0.717) is 12.2 Å². The molecule has 0 aliphatic carbocycles. The molecule has 0 saturated carbocycles. The molecule has 0 atom stereocenters. The van der Waals surface area contributed by atoms with Crippen LogP contribution in [0, 0.1) is 0 Å². The number of rotatable bonds is 7. The first-order valence-corrected chi connectivity index (χ1v) is 9.74. The molecule has 7 heteroatoms. The molecule has 0 fully saturated rings. The highest BCUT2D eigenvalue weighted by Gasteiger charge is 2.18. The molecule has 1 amide bonds. The van der Waals surface area contributed by atoms with Crippen LogP contribution in [0.25, 0.3) is 10.9 Å². The van der Waals surface area contributed by atoms with Gasteiger partial charge in [-0.1, -0.05) is 42.5 Å². The third-order valence-electron chi connectivity index (χ3n) is 5.01. The molecule has 3 aromatic carbocycles. The van der Waals surface area contributed by atoms with Crippen molar-refractivity contribution in [2.24, 2.45) is 0 Å². The predicted octanol–water partition coefficient (Wildman–Crippen LogP) is 3.72. The number of amides is 1. The van der Waals surface area contributed by atoms with Crippen LogP contribution >= 0.6 is 0 Å². The number of nitrogens with one attached hydrogen (secondary N) is 1. The van der Waals surface area contributed by atoms with E-state index >= 15 is 0 Å². The van der Waals surface area contributed by atoms with Crippen molar-refractivity contribution < 1.29 is 19.4 Å². The summed E-state index contributed by atoms with van der Waals surface area (Å²) in [5.74, 6) is -0.463. The van der Waals surface area contributed by atoms with Crippen LogP contribution in [0.5, 0.6) is 5.75 Å². The second-order valence-electron chi connectivity index (χ2n) is 7.06. The summed E-state index contributed by atoms with van der Waals surface area (Å²) >= 11 is 0. The second kappa shape index (κ2) is 8.71. The highest BCUT2D eigenvalue weighted by molar-refractivity contribution is 6.05. The Morgan fingerprint density at radius 2 is 1.65 bits per heavy atom. The highest BCUT2D eigenvalue weighted by Crippen LogP contribution is 2.20. The van der Waals surface area contributed by atoms with Crippen molar-refractivity contribution in [2.45, 2.75) is 13.1 Å². The molecule has 7 nitrogen and oxygen atoms in total. The van der Waals surface area contributed by atoms with Crippen molar-refractivity contribution in [1.82, 2.24) is 15.1 Å². The number of carboxylic acid groups (broad SMARTS) is 1. The van der Waals surface area contributed by atoms with E-state index in [0.717, 1.165) is 27.8 Å². The lowest BCUT2D eigenvalue weighted by atomic mass is 10.1. The quantitative estimate of drug-likeness (QED) is 0.480. The van der Waals surface area contributed by atoms with Gasteiger partial charge in [0.25, 0.3) is 5.91 Å². The fraction of sp³-hybridized carbons (Fsp3) is 0.125. The number of ether oxygens (including phenoxy) is 1. The Balaban J connectivity index is 1.58. The van der Waals surface area contributed by atoms with Gasteiger partial charge >= 0.3 is 5.97 Å². The van der Waals surface area contributed by atoms with E-state index < -0.39 is 5.97 Å². The van der Waals surface area contributed by atoms with Gasteiger partial charge in [0.2, 0.25) is 0 Å². The SMILES string of the molecule is COc1ccc(Cn2nc3ccccc3c2C(=O)NCc2ccc(C(=O)O)cc2)cc1. The Labute approximate surface area is 178 Å². The average molecular weight is 415 g/mol. The topological polar surface area (TPSA) is 93.5 Å². The number of carbonyl (C=O) groups excluding carboxylic acids is 1. The van der Waals surface area contributed by atoms with Crippen LogP contribution in [0.1, 0.15) is 32.0 Å². The summed E-state index contributed by atoms with van der Waals surface area (Å²) < 4.78 is 6.91. The van der Waals surface area contributed by atoms with Crippen LogP contribution in [0.4, 0.5) is 0 Å². The van der Waals surface area contributed by atoms with Gasteiger partial charge < -0.3 is 15.2 Å². The maximum atomic E-state index is 13.1. The molecule has 0 aliphatic rings. The fourth-order valence-corrected chi connectivity index (χ4v) is 3.37. The molecule has 0 aliphatic heterocycles. The van der Waals surface area contributed by atoms with Gasteiger partial charge in [0, 0.05) is 11.9 Å². The molecule has 0 radical (unpaired) electrons. The average Bonchev–Trinajstić information content (AvgIpc) is 3.16. The number of nitrogens with zero attached hydrogens (tertiary/aromatic N) is 2. The Morgan fingerprint density at radius 3 is 2.32 bits per heavy atom. The number of fused-ring (bicyclic) bond motifs is 1. The number of aromatic nitrogens is 2. The number of hydrogen-bond donors (Lipinski definition) is 2. The number of carbonyl (C=O) groups is 2. The van der Waals surface area contributed by atoms with E-state index in [1.165, 1.54) is 12.1 Å². The molecule has 1 heterocycles. The molecule has 0 unspecified atom stereocenters. The molecular formula is C24H21N3O4. The predicted molar refractivity (Wildman–Crippen MR) is 116 cm³/mol. The molecule has 4 aromatic rings. The summed E-state index contributed by atoms with van der Waals surface area (Å²) in [6, 6.07) is 21.6. The number of carboxylic acids is 1. The lowest BCUT2D eigenvalue weighted by molar-refractivity contribution is 0.0696. The maximum Gasteiger partial charge on any atom is 0.335 e. The monoisotopic (exact) mass is 415 g/mol. The molecule has 31 heavy (non-hydrogen) atoms. The first kappa shape index (κ1) is 20.2. The Kier molecular flexibility index (Phi) is 5.66. The van der Waals surface area contributed by atoms with Crippen LogP contribution in [-0.2, 0) is 13.1 Å². The minimum absolute atomic E-state index is 0.207. The summed E-state index contributed by atoms with van der Waals surface area (Å²) in [4.78, 5) is 24.1.